The smallest absolute Gasteiger partial charge is 0.315 e. The van der Waals surface area contributed by atoms with Crippen molar-refractivity contribution in [2.45, 2.75) is 75.5 Å². The summed E-state index contributed by atoms with van der Waals surface area (Å²) in [5.41, 5.74) is 0.740. The van der Waals surface area contributed by atoms with Crippen LogP contribution in [0, 0.1) is 5.82 Å². The van der Waals surface area contributed by atoms with E-state index >= 15 is 0 Å². The van der Waals surface area contributed by atoms with E-state index in [1.54, 1.807) is 12.1 Å². The van der Waals surface area contributed by atoms with Crippen LogP contribution in [0.3, 0.4) is 0 Å². The first-order valence-electron chi connectivity index (χ1n) is 10.5. The second kappa shape index (κ2) is 10.7. The van der Waals surface area contributed by atoms with E-state index in [4.69, 9.17) is 4.74 Å². The number of carbonyl (C=O) groups is 2. The van der Waals surface area contributed by atoms with Gasteiger partial charge in [-0.2, -0.15) is 0 Å². The third kappa shape index (κ3) is 6.38. The summed E-state index contributed by atoms with van der Waals surface area (Å²) < 4.78 is 18.5. The van der Waals surface area contributed by atoms with Crippen LogP contribution in [0.25, 0.3) is 0 Å². The molecular weight excluding hydrogens is 393 g/mol. The van der Waals surface area contributed by atoms with Crippen molar-refractivity contribution in [2.24, 2.45) is 0 Å². The molecule has 1 heterocycles. The Kier molecular flexibility index (Phi) is 8.01. The van der Waals surface area contributed by atoms with E-state index in [1.165, 1.54) is 18.6 Å². The second-order valence-electron chi connectivity index (χ2n) is 7.99. The summed E-state index contributed by atoms with van der Waals surface area (Å²) in [4.78, 5) is 24.2. The van der Waals surface area contributed by atoms with E-state index in [0.717, 1.165) is 31.2 Å². The van der Waals surface area contributed by atoms with Gasteiger partial charge in [0.15, 0.2) is 0 Å². The summed E-state index contributed by atoms with van der Waals surface area (Å²) in [7, 11) is 0. The van der Waals surface area contributed by atoms with Gasteiger partial charge in [0.1, 0.15) is 24.1 Å². The number of halogens is 1. The van der Waals surface area contributed by atoms with Gasteiger partial charge in [-0.15, -0.1) is 0 Å². The molecule has 0 unspecified atom stereocenters. The zero-order chi connectivity index (χ0) is 21.5. The lowest BCUT2D eigenvalue weighted by molar-refractivity contribution is -0.125. The van der Waals surface area contributed by atoms with Crippen molar-refractivity contribution in [3.05, 3.63) is 35.6 Å². The minimum Gasteiger partial charge on any atom is -0.388 e. The standard InChI is InChI=1S/C21H30FN3O5/c22-14-8-6-13(7-9-14)11-23-18(26)10-16-19(27)20(28)17(30-16)12-24-21(29)25-15-4-2-1-3-5-15/h6-9,15-17,19-20,27-28H,1-5,10-12H2,(H,23,26)(H2,24,25,29)/t16-,17+,19-,20+/m0/s1. The Morgan fingerprint density at radius 1 is 1.00 bits per heavy atom. The molecule has 166 valence electrons. The first-order valence-corrected chi connectivity index (χ1v) is 10.5. The normalized spacial score (nSPS) is 26.9. The van der Waals surface area contributed by atoms with Crippen LogP contribution in [0.1, 0.15) is 44.1 Å². The molecule has 1 aromatic carbocycles. The molecule has 1 saturated heterocycles. The number of benzene rings is 1. The zero-order valence-electron chi connectivity index (χ0n) is 16.9. The summed E-state index contributed by atoms with van der Waals surface area (Å²) >= 11 is 0. The highest BCUT2D eigenvalue weighted by Crippen LogP contribution is 2.23. The van der Waals surface area contributed by atoms with Crippen LogP contribution in [-0.4, -0.2) is 59.2 Å². The third-order valence-electron chi connectivity index (χ3n) is 5.66. The fourth-order valence-corrected chi connectivity index (χ4v) is 3.90. The number of urea groups is 1. The number of nitrogens with one attached hydrogen (secondary N) is 3. The number of aliphatic hydroxyl groups excluding tert-OH is 2. The molecule has 5 N–H and O–H groups in total. The van der Waals surface area contributed by atoms with Crippen LogP contribution in [0.15, 0.2) is 24.3 Å². The molecule has 0 radical (unpaired) electrons. The lowest BCUT2D eigenvalue weighted by Gasteiger charge is -2.23. The summed E-state index contributed by atoms with van der Waals surface area (Å²) in [6, 6.07) is 5.60. The van der Waals surface area contributed by atoms with Gasteiger partial charge >= 0.3 is 6.03 Å². The number of aliphatic hydroxyl groups is 2. The first-order chi connectivity index (χ1) is 14.4. The molecule has 30 heavy (non-hydrogen) atoms. The largest absolute Gasteiger partial charge is 0.388 e. The number of hydrogen-bond acceptors (Lipinski definition) is 5. The topological polar surface area (TPSA) is 120 Å². The summed E-state index contributed by atoms with van der Waals surface area (Å²) in [5, 5.41) is 28.6. The van der Waals surface area contributed by atoms with Crippen molar-refractivity contribution in [3.8, 4) is 0 Å². The number of hydrogen-bond donors (Lipinski definition) is 5. The third-order valence-corrected chi connectivity index (χ3v) is 5.66. The maximum atomic E-state index is 12.9. The lowest BCUT2D eigenvalue weighted by atomic mass is 9.96. The molecule has 1 saturated carbocycles. The van der Waals surface area contributed by atoms with Crippen LogP contribution in [0.4, 0.5) is 9.18 Å². The van der Waals surface area contributed by atoms with Crippen LogP contribution in [0.5, 0.6) is 0 Å². The molecular formula is C21H30FN3O5. The van der Waals surface area contributed by atoms with Gasteiger partial charge in [0.25, 0.3) is 0 Å². The number of carbonyl (C=O) groups excluding carboxylic acids is 2. The van der Waals surface area contributed by atoms with Gasteiger partial charge < -0.3 is 30.9 Å². The van der Waals surface area contributed by atoms with Crippen molar-refractivity contribution in [3.63, 3.8) is 0 Å². The predicted octanol–water partition coefficient (Wildman–Crippen LogP) is 0.953. The molecule has 3 amide bonds. The molecule has 9 heteroatoms. The molecule has 8 nitrogen and oxygen atoms in total. The second-order valence-corrected chi connectivity index (χ2v) is 7.99. The van der Waals surface area contributed by atoms with Gasteiger partial charge in [-0.3, -0.25) is 4.79 Å². The Morgan fingerprint density at radius 2 is 1.67 bits per heavy atom. The molecule has 1 aliphatic carbocycles. The van der Waals surface area contributed by atoms with E-state index < -0.39 is 24.4 Å². The lowest BCUT2D eigenvalue weighted by Crippen LogP contribution is -2.47. The van der Waals surface area contributed by atoms with E-state index in [2.05, 4.69) is 16.0 Å². The predicted molar refractivity (Wildman–Crippen MR) is 107 cm³/mol. The summed E-state index contributed by atoms with van der Waals surface area (Å²) in [5.74, 6) is -0.715. The highest BCUT2D eigenvalue weighted by atomic mass is 19.1. The van der Waals surface area contributed by atoms with Crippen molar-refractivity contribution >= 4 is 11.9 Å². The fraction of sp³-hybridized carbons (Fsp3) is 0.619. The van der Waals surface area contributed by atoms with Gasteiger partial charge in [0, 0.05) is 19.1 Å². The zero-order valence-corrected chi connectivity index (χ0v) is 16.9. The Balaban J connectivity index is 1.39. The van der Waals surface area contributed by atoms with E-state index in [1.807, 2.05) is 0 Å². The quantitative estimate of drug-likeness (QED) is 0.447. The number of ether oxygens (including phenoxy) is 1. The average molecular weight is 423 g/mol. The van der Waals surface area contributed by atoms with Crippen LogP contribution in [0.2, 0.25) is 0 Å². The van der Waals surface area contributed by atoms with Crippen molar-refractivity contribution in [1.82, 2.24) is 16.0 Å². The molecule has 0 aromatic heterocycles. The molecule has 2 fully saturated rings. The van der Waals surface area contributed by atoms with Crippen LogP contribution >= 0.6 is 0 Å². The number of amides is 3. The van der Waals surface area contributed by atoms with Gasteiger partial charge in [0.05, 0.1) is 12.5 Å². The van der Waals surface area contributed by atoms with E-state index in [-0.39, 0.29) is 43.3 Å². The van der Waals surface area contributed by atoms with E-state index in [9.17, 15) is 24.2 Å². The highest BCUT2D eigenvalue weighted by molar-refractivity contribution is 5.76. The fourth-order valence-electron chi connectivity index (χ4n) is 3.90. The Bertz CT molecular complexity index is 711. The SMILES string of the molecule is O=C(C[C@@H]1O[C@H](CNC(=O)NC2CCCCC2)[C@@H](O)[C@H]1O)NCc1ccc(F)cc1. The molecule has 4 atom stereocenters. The minimum absolute atomic E-state index is 0.0322. The van der Waals surface area contributed by atoms with Gasteiger partial charge in [0.2, 0.25) is 5.91 Å². The van der Waals surface area contributed by atoms with Gasteiger partial charge in [-0.25, -0.2) is 9.18 Å². The van der Waals surface area contributed by atoms with Gasteiger partial charge in [-0.05, 0) is 30.5 Å². The Morgan fingerprint density at radius 3 is 2.37 bits per heavy atom. The molecule has 3 rings (SSSR count). The van der Waals surface area contributed by atoms with Gasteiger partial charge in [-0.1, -0.05) is 31.4 Å². The highest BCUT2D eigenvalue weighted by Gasteiger charge is 2.43. The first kappa shape index (κ1) is 22.5. The summed E-state index contributed by atoms with van der Waals surface area (Å²) in [6.07, 6.45) is 1.09. The molecule has 0 spiro atoms. The van der Waals surface area contributed by atoms with Crippen molar-refractivity contribution in [1.29, 1.82) is 0 Å². The Labute approximate surface area is 175 Å². The molecule has 2 aliphatic rings. The minimum atomic E-state index is -1.23. The molecule has 1 aliphatic heterocycles. The summed E-state index contributed by atoms with van der Waals surface area (Å²) in [6.45, 7) is 0.251. The maximum Gasteiger partial charge on any atom is 0.315 e. The monoisotopic (exact) mass is 423 g/mol. The number of rotatable bonds is 7. The molecule has 1 aromatic rings. The van der Waals surface area contributed by atoms with Crippen molar-refractivity contribution < 1.29 is 28.9 Å². The maximum absolute atomic E-state index is 12.9. The van der Waals surface area contributed by atoms with Crippen LogP contribution < -0.4 is 16.0 Å². The van der Waals surface area contributed by atoms with Crippen LogP contribution in [-0.2, 0) is 16.1 Å². The average Bonchev–Trinajstić information content (AvgIpc) is 3.00. The van der Waals surface area contributed by atoms with E-state index in [0.29, 0.717) is 0 Å². The van der Waals surface area contributed by atoms with Crippen molar-refractivity contribution in [2.75, 3.05) is 6.54 Å². The molecule has 0 bridgehead atoms. The Hall–Kier alpha value is -2.23.